The first-order valence-corrected chi connectivity index (χ1v) is 6.19. The van der Waals surface area contributed by atoms with Crippen LogP contribution in [-0.2, 0) is 6.61 Å². The fourth-order valence-corrected chi connectivity index (χ4v) is 2.01. The molecule has 0 amide bonds. The molecule has 0 unspecified atom stereocenters. The number of nitrogens with zero attached hydrogens (tertiary/aromatic N) is 1. The van der Waals surface area contributed by atoms with Crippen LogP contribution < -0.4 is 15.2 Å². The van der Waals surface area contributed by atoms with Crippen LogP contribution in [0.3, 0.4) is 0 Å². The maximum absolute atomic E-state index is 13.0. The minimum Gasteiger partial charge on any atom is -0.496 e. The molecule has 4 nitrogen and oxygen atoms in total. The fourth-order valence-electron chi connectivity index (χ4n) is 2.01. The number of aryl methyl sites for hydroxylation is 1. The van der Waals surface area contributed by atoms with Crippen LogP contribution in [0.15, 0.2) is 24.4 Å². The van der Waals surface area contributed by atoms with Crippen molar-refractivity contribution in [3.8, 4) is 11.5 Å². The van der Waals surface area contributed by atoms with E-state index in [1.54, 1.807) is 13.3 Å². The van der Waals surface area contributed by atoms with Crippen molar-refractivity contribution in [1.82, 2.24) is 4.98 Å². The second kappa shape index (κ2) is 5.77. The van der Waals surface area contributed by atoms with Gasteiger partial charge in [0.1, 0.15) is 23.9 Å². The Labute approximate surface area is 117 Å². The monoisotopic (exact) mass is 276 g/mol. The molecule has 0 radical (unpaired) electrons. The highest BCUT2D eigenvalue weighted by molar-refractivity contribution is 5.52. The zero-order valence-electron chi connectivity index (χ0n) is 11.7. The average molecular weight is 276 g/mol. The Morgan fingerprint density at radius 1 is 1.30 bits per heavy atom. The van der Waals surface area contributed by atoms with Crippen LogP contribution in [0.25, 0.3) is 0 Å². The smallest absolute Gasteiger partial charge is 0.142 e. The molecule has 2 aromatic rings. The number of benzene rings is 1. The minimum atomic E-state index is -0.388. The number of anilines is 1. The van der Waals surface area contributed by atoms with Crippen LogP contribution in [0.4, 0.5) is 10.1 Å². The molecule has 0 spiro atoms. The van der Waals surface area contributed by atoms with Gasteiger partial charge in [-0.25, -0.2) is 4.39 Å². The molecule has 1 aromatic carbocycles. The Bertz CT molecular complexity index is 630. The predicted molar refractivity (Wildman–Crippen MR) is 75.4 cm³/mol. The van der Waals surface area contributed by atoms with Crippen molar-refractivity contribution in [2.24, 2.45) is 0 Å². The van der Waals surface area contributed by atoms with E-state index in [1.165, 1.54) is 18.2 Å². The van der Waals surface area contributed by atoms with E-state index in [1.807, 2.05) is 13.8 Å². The third kappa shape index (κ3) is 2.82. The first-order valence-electron chi connectivity index (χ1n) is 6.19. The van der Waals surface area contributed by atoms with E-state index in [9.17, 15) is 4.39 Å². The van der Waals surface area contributed by atoms with Gasteiger partial charge in [0.2, 0.25) is 0 Å². The molecule has 20 heavy (non-hydrogen) atoms. The van der Waals surface area contributed by atoms with Crippen molar-refractivity contribution < 1.29 is 13.9 Å². The molecule has 0 atom stereocenters. The Balaban J connectivity index is 2.19. The lowest BCUT2D eigenvalue weighted by Gasteiger charge is -2.13. The van der Waals surface area contributed by atoms with E-state index in [2.05, 4.69) is 4.98 Å². The fraction of sp³-hybridized carbons (Fsp3) is 0.267. The lowest BCUT2D eigenvalue weighted by molar-refractivity contribution is 0.300. The summed E-state index contributed by atoms with van der Waals surface area (Å²) in [6.07, 6.45) is 1.73. The Morgan fingerprint density at radius 3 is 2.70 bits per heavy atom. The van der Waals surface area contributed by atoms with Gasteiger partial charge in [0.25, 0.3) is 0 Å². The van der Waals surface area contributed by atoms with Crippen LogP contribution in [0.1, 0.15) is 16.8 Å². The average Bonchev–Trinajstić information content (AvgIpc) is 2.40. The van der Waals surface area contributed by atoms with Crippen LogP contribution in [-0.4, -0.2) is 12.1 Å². The second-order valence-electron chi connectivity index (χ2n) is 4.52. The van der Waals surface area contributed by atoms with E-state index in [0.717, 1.165) is 22.6 Å². The molecule has 1 aromatic heterocycles. The normalized spacial score (nSPS) is 10.4. The van der Waals surface area contributed by atoms with Gasteiger partial charge in [0, 0.05) is 23.4 Å². The molecule has 0 saturated carbocycles. The number of aromatic nitrogens is 1. The standard InChI is InChI=1S/C15H17FN2O2/c1-9-7-18-13(10(2)15(9)19-3)8-20-14-5-4-11(16)6-12(14)17/h4-7H,8,17H2,1-3H3. The number of pyridine rings is 1. The summed E-state index contributed by atoms with van der Waals surface area (Å²) in [6.45, 7) is 4.10. The number of methoxy groups -OCH3 is 1. The van der Waals surface area contributed by atoms with Crippen molar-refractivity contribution >= 4 is 5.69 Å². The maximum Gasteiger partial charge on any atom is 0.142 e. The molecule has 0 aliphatic heterocycles. The van der Waals surface area contributed by atoms with Crippen molar-refractivity contribution in [2.45, 2.75) is 20.5 Å². The first kappa shape index (κ1) is 14.1. The largest absolute Gasteiger partial charge is 0.496 e. The third-order valence-corrected chi connectivity index (χ3v) is 3.09. The highest BCUT2D eigenvalue weighted by Crippen LogP contribution is 2.26. The molecule has 2 N–H and O–H groups in total. The maximum atomic E-state index is 13.0. The number of rotatable bonds is 4. The minimum absolute atomic E-state index is 0.248. The Kier molecular flexibility index (Phi) is 4.08. The molecule has 1 heterocycles. The number of nitrogens with two attached hydrogens (primary N) is 1. The van der Waals surface area contributed by atoms with Crippen LogP contribution in [0.5, 0.6) is 11.5 Å². The van der Waals surface area contributed by atoms with Gasteiger partial charge in [-0.3, -0.25) is 4.98 Å². The van der Waals surface area contributed by atoms with E-state index >= 15 is 0 Å². The van der Waals surface area contributed by atoms with Gasteiger partial charge in [-0.1, -0.05) is 0 Å². The highest BCUT2D eigenvalue weighted by Gasteiger charge is 2.10. The van der Waals surface area contributed by atoms with E-state index in [4.69, 9.17) is 15.2 Å². The molecule has 2 rings (SSSR count). The summed E-state index contributed by atoms with van der Waals surface area (Å²) < 4.78 is 23.9. The molecule has 0 aliphatic carbocycles. The molecule has 0 aliphatic rings. The van der Waals surface area contributed by atoms with Crippen LogP contribution >= 0.6 is 0 Å². The predicted octanol–water partition coefficient (Wildman–Crippen LogP) is 3.01. The van der Waals surface area contributed by atoms with Gasteiger partial charge in [-0.15, -0.1) is 0 Å². The van der Waals surface area contributed by atoms with Crippen LogP contribution in [0.2, 0.25) is 0 Å². The van der Waals surface area contributed by atoms with Gasteiger partial charge in [-0.2, -0.15) is 0 Å². The molecule has 0 fully saturated rings. The zero-order valence-corrected chi connectivity index (χ0v) is 11.7. The van der Waals surface area contributed by atoms with Gasteiger partial charge < -0.3 is 15.2 Å². The van der Waals surface area contributed by atoms with Gasteiger partial charge in [0.05, 0.1) is 18.5 Å². The summed E-state index contributed by atoms with van der Waals surface area (Å²) in [5.74, 6) is 0.846. The van der Waals surface area contributed by atoms with E-state index < -0.39 is 0 Å². The number of ether oxygens (including phenoxy) is 2. The SMILES string of the molecule is COc1c(C)cnc(COc2ccc(F)cc2N)c1C. The first-order chi connectivity index (χ1) is 9.52. The zero-order chi connectivity index (χ0) is 14.7. The molecular formula is C15H17FN2O2. The summed E-state index contributed by atoms with van der Waals surface area (Å²) in [5, 5.41) is 0. The topological polar surface area (TPSA) is 57.4 Å². The summed E-state index contributed by atoms with van der Waals surface area (Å²) in [7, 11) is 1.62. The number of hydrogen-bond acceptors (Lipinski definition) is 4. The third-order valence-electron chi connectivity index (χ3n) is 3.09. The summed E-state index contributed by atoms with van der Waals surface area (Å²) in [6, 6.07) is 4.04. The number of hydrogen-bond donors (Lipinski definition) is 1. The Hall–Kier alpha value is -2.30. The molecular weight excluding hydrogens is 259 g/mol. The lowest BCUT2D eigenvalue weighted by atomic mass is 10.1. The van der Waals surface area contributed by atoms with Gasteiger partial charge >= 0.3 is 0 Å². The van der Waals surface area contributed by atoms with Crippen molar-refractivity contribution in [2.75, 3.05) is 12.8 Å². The van der Waals surface area contributed by atoms with Gasteiger partial charge in [-0.05, 0) is 26.0 Å². The Morgan fingerprint density at radius 2 is 2.05 bits per heavy atom. The second-order valence-corrected chi connectivity index (χ2v) is 4.52. The molecule has 106 valence electrons. The summed E-state index contributed by atoms with van der Waals surface area (Å²) in [4.78, 5) is 4.33. The summed E-state index contributed by atoms with van der Waals surface area (Å²) in [5.41, 5.74) is 8.61. The lowest BCUT2D eigenvalue weighted by Crippen LogP contribution is -2.05. The molecule has 0 saturated heterocycles. The van der Waals surface area contributed by atoms with Gasteiger partial charge in [0.15, 0.2) is 0 Å². The highest BCUT2D eigenvalue weighted by atomic mass is 19.1. The van der Waals surface area contributed by atoms with Crippen LogP contribution in [0, 0.1) is 19.7 Å². The van der Waals surface area contributed by atoms with E-state index in [0.29, 0.717) is 5.75 Å². The quantitative estimate of drug-likeness (QED) is 0.872. The van der Waals surface area contributed by atoms with Crippen molar-refractivity contribution in [3.05, 3.63) is 47.0 Å². The summed E-state index contributed by atoms with van der Waals surface area (Å²) >= 11 is 0. The molecule has 0 bridgehead atoms. The number of halogens is 1. The number of nitrogen functional groups attached to an aromatic ring is 1. The molecule has 5 heteroatoms. The van der Waals surface area contributed by atoms with Crippen molar-refractivity contribution in [1.29, 1.82) is 0 Å². The van der Waals surface area contributed by atoms with Crippen molar-refractivity contribution in [3.63, 3.8) is 0 Å². The van der Waals surface area contributed by atoms with E-state index in [-0.39, 0.29) is 18.1 Å².